The van der Waals surface area contributed by atoms with E-state index in [0.29, 0.717) is 5.69 Å². The summed E-state index contributed by atoms with van der Waals surface area (Å²) in [5.74, 6) is -2.83. The van der Waals surface area contributed by atoms with Gasteiger partial charge in [0.05, 0.1) is 23.4 Å². The molecule has 0 N–H and O–H groups in total. The van der Waals surface area contributed by atoms with Crippen LogP contribution in [0.3, 0.4) is 0 Å². The van der Waals surface area contributed by atoms with Gasteiger partial charge in [0.1, 0.15) is 5.75 Å². The average Bonchev–Trinajstić information content (AvgIpc) is 3.60. The minimum atomic E-state index is -0.628. The molecule has 0 spiro atoms. The van der Waals surface area contributed by atoms with Crippen molar-refractivity contribution < 1.29 is 23.9 Å². The molecule has 4 aromatic carbocycles. The van der Waals surface area contributed by atoms with Gasteiger partial charge in [-0.05, 0) is 58.4 Å². The first-order valence-corrected chi connectivity index (χ1v) is 16.2. The third kappa shape index (κ3) is 4.10. The fourth-order valence-electron chi connectivity index (χ4n) is 8.46. The van der Waals surface area contributed by atoms with E-state index in [0.717, 1.165) is 51.9 Å². The third-order valence-electron chi connectivity index (χ3n) is 10.4. The molecule has 46 heavy (non-hydrogen) atoms. The number of carbonyl (C=O) groups is 4. The Bertz CT molecular complexity index is 1810. The van der Waals surface area contributed by atoms with E-state index in [-0.39, 0.29) is 48.3 Å². The largest absolute Gasteiger partial charge is 0.426 e. The van der Waals surface area contributed by atoms with Crippen LogP contribution in [0.15, 0.2) is 91.0 Å². The lowest BCUT2D eigenvalue weighted by Crippen LogP contribution is -2.41. The second-order valence-corrected chi connectivity index (χ2v) is 12.7. The van der Waals surface area contributed by atoms with Crippen molar-refractivity contribution in [2.45, 2.75) is 44.9 Å². The lowest BCUT2D eigenvalue weighted by molar-refractivity contribution is -0.139. The Morgan fingerprint density at radius 3 is 1.76 bits per heavy atom. The van der Waals surface area contributed by atoms with E-state index in [1.807, 2.05) is 42.5 Å². The van der Waals surface area contributed by atoms with Gasteiger partial charge in [-0.1, -0.05) is 86.6 Å². The highest BCUT2D eigenvalue weighted by Crippen LogP contribution is 2.61. The minimum Gasteiger partial charge on any atom is -0.426 e. The van der Waals surface area contributed by atoms with E-state index >= 15 is 0 Å². The van der Waals surface area contributed by atoms with Crippen LogP contribution >= 0.6 is 0 Å². The second-order valence-electron chi connectivity index (χ2n) is 12.7. The summed E-state index contributed by atoms with van der Waals surface area (Å²) in [4.78, 5) is 57.9. The zero-order valence-electron chi connectivity index (χ0n) is 25.8. The number of anilines is 2. The van der Waals surface area contributed by atoms with Crippen molar-refractivity contribution in [2.24, 2.45) is 17.8 Å². The highest BCUT2D eigenvalue weighted by atomic mass is 16.5. The van der Waals surface area contributed by atoms with Gasteiger partial charge in [-0.2, -0.15) is 0 Å². The van der Waals surface area contributed by atoms with E-state index in [1.54, 1.807) is 29.2 Å². The predicted molar refractivity (Wildman–Crippen MR) is 174 cm³/mol. The van der Waals surface area contributed by atoms with Crippen LogP contribution in [0.5, 0.6) is 5.75 Å². The molecule has 2 saturated heterocycles. The molecule has 5 aliphatic rings. The maximum absolute atomic E-state index is 14.2. The van der Waals surface area contributed by atoms with E-state index in [1.165, 1.54) is 4.90 Å². The summed E-state index contributed by atoms with van der Waals surface area (Å²) in [6.07, 6.45) is 1.63. The van der Waals surface area contributed by atoms with Crippen LogP contribution in [0.4, 0.5) is 11.4 Å². The van der Waals surface area contributed by atoms with Gasteiger partial charge in [-0.3, -0.25) is 19.2 Å². The Hall–Kier alpha value is -5.04. The zero-order valence-corrected chi connectivity index (χ0v) is 25.8. The predicted octanol–water partition coefficient (Wildman–Crippen LogP) is 6.17. The van der Waals surface area contributed by atoms with Crippen molar-refractivity contribution in [1.82, 2.24) is 0 Å². The van der Waals surface area contributed by atoms with Gasteiger partial charge in [0.15, 0.2) is 0 Å². The first-order chi connectivity index (χ1) is 22.4. The average molecular weight is 611 g/mol. The monoisotopic (exact) mass is 610 g/mol. The SMILES string of the molecule is CCc1cccc(CC)c1N1C[C@H](C(=O)Oc2cccc(N3C(=O)[C@@H]4C5c6ccccc6C(c6ccccc65)[C@@H]4C3=O)c2)CC1=O. The summed E-state index contributed by atoms with van der Waals surface area (Å²) in [5, 5.41) is 0. The number of nitrogens with zero attached hydrogens (tertiary/aromatic N) is 2. The minimum absolute atomic E-state index is 0.0656. The van der Waals surface area contributed by atoms with Crippen LogP contribution < -0.4 is 14.5 Å². The van der Waals surface area contributed by atoms with E-state index in [9.17, 15) is 19.2 Å². The molecule has 0 saturated carbocycles. The van der Waals surface area contributed by atoms with Crippen LogP contribution in [0.2, 0.25) is 0 Å². The quantitative estimate of drug-likeness (QED) is 0.148. The van der Waals surface area contributed by atoms with Gasteiger partial charge < -0.3 is 9.64 Å². The molecular formula is C39H34N2O5. The number of hydrogen-bond donors (Lipinski definition) is 0. The highest BCUT2D eigenvalue weighted by molar-refractivity contribution is 6.23. The van der Waals surface area contributed by atoms with Crippen LogP contribution in [-0.2, 0) is 32.0 Å². The van der Waals surface area contributed by atoms with Gasteiger partial charge in [-0.15, -0.1) is 0 Å². The molecule has 3 amide bonds. The number of hydrogen-bond acceptors (Lipinski definition) is 5. The summed E-state index contributed by atoms with van der Waals surface area (Å²) in [6.45, 7) is 4.37. The fraction of sp³-hybridized carbons (Fsp3) is 0.282. The first-order valence-electron chi connectivity index (χ1n) is 16.2. The lowest BCUT2D eigenvalue weighted by Gasteiger charge is -2.45. The fourth-order valence-corrected chi connectivity index (χ4v) is 8.46. The van der Waals surface area contributed by atoms with E-state index in [4.69, 9.17) is 4.74 Å². The summed E-state index contributed by atoms with van der Waals surface area (Å²) in [5.41, 5.74) is 7.91. The van der Waals surface area contributed by atoms with Crippen molar-refractivity contribution >= 4 is 35.1 Å². The molecule has 0 aromatic heterocycles. The van der Waals surface area contributed by atoms with Crippen molar-refractivity contribution in [3.05, 3.63) is 124 Å². The maximum Gasteiger partial charge on any atom is 0.316 e. The second kappa shape index (κ2) is 10.8. The number of imide groups is 1. The smallest absolute Gasteiger partial charge is 0.316 e. The Balaban J connectivity index is 1.05. The van der Waals surface area contributed by atoms with Crippen molar-refractivity contribution in [3.63, 3.8) is 0 Å². The van der Waals surface area contributed by atoms with Crippen LogP contribution in [0.1, 0.15) is 65.5 Å². The number of esters is 1. The number of para-hydroxylation sites is 1. The van der Waals surface area contributed by atoms with Gasteiger partial charge in [0.2, 0.25) is 17.7 Å². The number of aryl methyl sites for hydroxylation is 2. The molecule has 3 atom stereocenters. The molecule has 2 aliphatic heterocycles. The Morgan fingerprint density at radius 2 is 1.24 bits per heavy atom. The summed E-state index contributed by atoms with van der Waals surface area (Å²) in [7, 11) is 0. The highest BCUT2D eigenvalue weighted by Gasteiger charge is 2.61. The van der Waals surface area contributed by atoms with Gasteiger partial charge >= 0.3 is 5.97 Å². The molecule has 9 rings (SSSR count). The van der Waals surface area contributed by atoms with E-state index < -0.39 is 23.7 Å². The normalized spacial score (nSPS) is 24.2. The molecule has 0 unspecified atom stereocenters. The van der Waals surface area contributed by atoms with Gasteiger partial charge in [0, 0.05) is 36.6 Å². The molecule has 7 heteroatoms. The standard InChI is InChI=1S/C39H34N2O5/c1-3-22-11-9-12-23(4-2)36(22)40-21-24(19-31(40)42)39(45)46-26-14-10-13-25(20-26)41-37(43)34-32-27-15-5-6-16-28(27)33(35(34)38(41)44)30-18-8-7-17-29(30)32/h5-18,20,24,32-35H,3-4,19,21H2,1-2H3/t24-,32?,33?,34-,35+/m1/s1. The number of carbonyl (C=O) groups excluding carboxylic acids is 4. The Kier molecular flexibility index (Phi) is 6.67. The molecule has 7 nitrogen and oxygen atoms in total. The molecule has 2 bridgehead atoms. The van der Waals surface area contributed by atoms with Crippen molar-refractivity contribution in [1.29, 1.82) is 0 Å². The molecule has 230 valence electrons. The number of amides is 3. The lowest BCUT2D eigenvalue weighted by atomic mass is 9.55. The third-order valence-corrected chi connectivity index (χ3v) is 10.4. The van der Waals surface area contributed by atoms with Crippen LogP contribution in [0, 0.1) is 17.8 Å². The van der Waals surface area contributed by atoms with E-state index in [2.05, 4.69) is 38.1 Å². The number of ether oxygens (including phenoxy) is 1. The number of benzene rings is 4. The Morgan fingerprint density at radius 1 is 0.717 bits per heavy atom. The van der Waals surface area contributed by atoms with Crippen molar-refractivity contribution in [3.8, 4) is 5.75 Å². The van der Waals surface area contributed by atoms with Crippen LogP contribution in [0.25, 0.3) is 0 Å². The zero-order chi connectivity index (χ0) is 31.7. The topological polar surface area (TPSA) is 84.0 Å². The van der Waals surface area contributed by atoms with Gasteiger partial charge in [-0.25, -0.2) is 4.90 Å². The molecule has 2 heterocycles. The molecular weight excluding hydrogens is 576 g/mol. The number of rotatable bonds is 6. The summed E-state index contributed by atoms with van der Waals surface area (Å²) < 4.78 is 5.82. The molecule has 2 fully saturated rings. The summed E-state index contributed by atoms with van der Waals surface area (Å²) >= 11 is 0. The molecule has 3 aliphatic carbocycles. The Labute approximate surface area is 267 Å². The maximum atomic E-state index is 14.2. The van der Waals surface area contributed by atoms with Crippen LogP contribution in [-0.4, -0.2) is 30.2 Å². The van der Waals surface area contributed by atoms with Crippen molar-refractivity contribution in [2.75, 3.05) is 16.3 Å². The summed E-state index contributed by atoms with van der Waals surface area (Å²) in [6, 6.07) is 29.0. The van der Waals surface area contributed by atoms with Gasteiger partial charge in [0.25, 0.3) is 0 Å². The molecule has 0 radical (unpaired) electrons. The molecule has 4 aromatic rings. The first kappa shape index (κ1) is 28.4.